The van der Waals surface area contributed by atoms with E-state index in [-0.39, 0.29) is 10.8 Å². The molecule has 0 atom stereocenters. The summed E-state index contributed by atoms with van der Waals surface area (Å²) in [6.45, 7) is 11.2. The van der Waals surface area contributed by atoms with E-state index in [1.165, 1.54) is 12.0 Å². The van der Waals surface area contributed by atoms with Crippen molar-refractivity contribution in [3.05, 3.63) is 35.4 Å². The van der Waals surface area contributed by atoms with Crippen molar-refractivity contribution in [2.24, 2.45) is 10.8 Å². The fraction of sp³-hybridized carbons (Fsp3) is 0.647. The molecule has 1 saturated carbocycles. The van der Waals surface area contributed by atoms with E-state index >= 15 is 0 Å². The third-order valence-corrected chi connectivity index (χ3v) is 4.09. The highest BCUT2D eigenvalue weighted by Gasteiger charge is 2.47. The average molecular weight is 246 g/mol. The van der Waals surface area contributed by atoms with Gasteiger partial charge in [0.1, 0.15) is 0 Å². The van der Waals surface area contributed by atoms with Crippen LogP contribution in [0.3, 0.4) is 0 Å². The lowest BCUT2D eigenvalue weighted by Gasteiger charge is -2.49. The Bertz CT molecular complexity index is 409. The molecule has 0 bridgehead atoms. The first kappa shape index (κ1) is 13.6. The lowest BCUT2D eigenvalue weighted by Crippen LogP contribution is -2.44. The summed E-state index contributed by atoms with van der Waals surface area (Å²) < 4.78 is 0. The minimum absolute atomic E-state index is 0.196. The molecule has 0 radical (unpaired) electrons. The van der Waals surface area contributed by atoms with E-state index in [1.807, 2.05) is 0 Å². The minimum atomic E-state index is -0.668. The monoisotopic (exact) mass is 246 g/mol. The first-order valence-electron chi connectivity index (χ1n) is 6.92. The van der Waals surface area contributed by atoms with Crippen LogP contribution < -0.4 is 0 Å². The van der Waals surface area contributed by atoms with Gasteiger partial charge in [0.15, 0.2) is 0 Å². The highest BCUT2D eigenvalue weighted by molar-refractivity contribution is 5.28. The van der Waals surface area contributed by atoms with Crippen LogP contribution in [-0.2, 0) is 5.60 Å². The number of hydrogen-bond donors (Lipinski definition) is 1. The number of aliphatic hydroxyl groups is 1. The Labute approximate surface area is 111 Å². The Morgan fingerprint density at radius 1 is 0.833 bits per heavy atom. The molecule has 0 heterocycles. The molecule has 0 unspecified atom stereocenters. The third kappa shape index (κ3) is 2.77. The second-order valence-electron chi connectivity index (χ2n) is 7.76. The van der Waals surface area contributed by atoms with Crippen molar-refractivity contribution >= 4 is 0 Å². The maximum absolute atomic E-state index is 11.1. The highest BCUT2D eigenvalue weighted by atomic mass is 16.3. The van der Waals surface area contributed by atoms with Gasteiger partial charge >= 0.3 is 0 Å². The van der Waals surface area contributed by atoms with Gasteiger partial charge in [-0.15, -0.1) is 0 Å². The Morgan fingerprint density at radius 2 is 1.28 bits per heavy atom. The minimum Gasteiger partial charge on any atom is -0.385 e. The van der Waals surface area contributed by atoms with Gasteiger partial charge in [-0.3, -0.25) is 0 Å². The lowest BCUT2D eigenvalue weighted by molar-refractivity contribution is -0.0912. The zero-order chi connectivity index (χ0) is 13.6. The van der Waals surface area contributed by atoms with Crippen LogP contribution in [0.15, 0.2) is 24.3 Å². The molecule has 0 aromatic heterocycles. The van der Waals surface area contributed by atoms with Crippen molar-refractivity contribution < 1.29 is 5.11 Å². The molecule has 1 aliphatic rings. The van der Waals surface area contributed by atoms with Crippen LogP contribution in [0.25, 0.3) is 0 Å². The predicted octanol–water partition coefficient (Wildman–Crippen LogP) is 4.42. The van der Waals surface area contributed by atoms with Crippen LogP contribution in [0.1, 0.15) is 58.1 Å². The van der Waals surface area contributed by atoms with Crippen molar-refractivity contribution in [2.45, 2.75) is 59.5 Å². The Balaban J connectivity index is 2.37. The number of aryl methyl sites for hydroxylation is 1. The summed E-state index contributed by atoms with van der Waals surface area (Å²) >= 11 is 0. The van der Waals surface area contributed by atoms with E-state index in [1.54, 1.807) is 0 Å². The van der Waals surface area contributed by atoms with Crippen LogP contribution in [-0.4, -0.2) is 5.11 Å². The smallest absolute Gasteiger partial charge is 0.0906 e. The SMILES string of the molecule is Cc1ccc(C2(O)CC(C)(C)CC(C)(C)C2)cc1. The number of rotatable bonds is 1. The van der Waals surface area contributed by atoms with Crippen LogP contribution >= 0.6 is 0 Å². The summed E-state index contributed by atoms with van der Waals surface area (Å²) in [7, 11) is 0. The normalized spacial score (nSPS) is 24.8. The van der Waals surface area contributed by atoms with Crippen LogP contribution in [0, 0.1) is 17.8 Å². The molecule has 2 rings (SSSR count). The first-order chi connectivity index (χ1) is 8.12. The Kier molecular flexibility index (Phi) is 3.09. The average Bonchev–Trinajstić information content (AvgIpc) is 2.12. The molecular formula is C17H26O. The van der Waals surface area contributed by atoms with Gasteiger partial charge in [-0.2, -0.15) is 0 Å². The van der Waals surface area contributed by atoms with Crippen molar-refractivity contribution in [2.75, 3.05) is 0 Å². The van der Waals surface area contributed by atoms with Gasteiger partial charge in [-0.25, -0.2) is 0 Å². The summed E-state index contributed by atoms with van der Waals surface area (Å²) in [5, 5.41) is 11.1. The van der Waals surface area contributed by atoms with E-state index < -0.39 is 5.60 Å². The van der Waals surface area contributed by atoms with E-state index in [2.05, 4.69) is 58.9 Å². The first-order valence-corrected chi connectivity index (χ1v) is 6.92. The maximum Gasteiger partial charge on any atom is 0.0906 e. The molecule has 1 aromatic rings. The second kappa shape index (κ2) is 4.09. The quantitative estimate of drug-likeness (QED) is 0.777. The van der Waals surface area contributed by atoms with Crippen molar-refractivity contribution in [1.29, 1.82) is 0 Å². The van der Waals surface area contributed by atoms with Crippen molar-refractivity contribution in [3.8, 4) is 0 Å². The van der Waals surface area contributed by atoms with Crippen LogP contribution in [0.4, 0.5) is 0 Å². The molecule has 0 saturated heterocycles. The summed E-state index contributed by atoms with van der Waals surface area (Å²) in [4.78, 5) is 0. The van der Waals surface area contributed by atoms with Gasteiger partial charge in [0, 0.05) is 0 Å². The molecule has 1 nitrogen and oxygen atoms in total. The number of hydrogen-bond acceptors (Lipinski definition) is 1. The molecule has 1 aromatic carbocycles. The molecule has 100 valence electrons. The van der Waals surface area contributed by atoms with Gasteiger partial charge in [0.2, 0.25) is 0 Å². The van der Waals surface area contributed by atoms with Crippen molar-refractivity contribution in [1.82, 2.24) is 0 Å². The maximum atomic E-state index is 11.1. The third-order valence-electron chi connectivity index (χ3n) is 4.09. The Hall–Kier alpha value is -0.820. The summed E-state index contributed by atoms with van der Waals surface area (Å²) in [5.41, 5.74) is 2.05. The molecule has 1 aliphatic carbocycles. The van der Waals surface area contributed by atoms with E-state index in [9.17, 15) is 5.11 Å². The predicted molar refractivity (Wildman–Crippen MR) is 76.5 cm³/mol. The van der Waals surface area contributed by atoms with Gasteiger partial charge < -0.3 is 5.11 Å². The molecular weight excluding hydrogens is 220 g/mol. The molecule has 1 fully saturated rings. The fourth-order valence-electron chi connectivity index (χ4n) is 4.13. The van der Waals surface area contributed by atoms with E-state index in [0.29, 0.717) is 0 Å². The molecule has 1 heteroatoms. The molecule has 18 heavy (non-hydrogen) atoms. The van der Waals surface area contributed by atoms with Gasteiger partial charge in [-0.05, 0) is 42.6 Å². The van der Waals surface area contributed by atoms with E-state index in [0.717, 1.165) is 18.4 Å². The van der Waals surface area contributed by atoms with E-state index in [4.69, 9.17) is 0 Å². The summed E-state index contributed by atoms with van der Waals surface area (Å²) in [5.74, 6) is 0. The Morgan fingerprint density at radius 3 is 1.72 bits per heavy atom. The molecule has 0 aliphatic heterocycles. The standard InChI is InChI=1S/C17H26O/c1-13-6-8-14(9-7-13)17(18)11-15(2,3)10-16(4,5)12-17/h6-9,18H,10-12H2,1-5H3. The van der Waals surface area contributed by atoms with Crippen molar-refractivity contribution in [3.63, 3.8) is 0 Å². The second-order valence-corrected chi connectivity index (χ2v) is 7.76. The van der Waals surface area contributed by atoms with Gasteiger partial charge in [0.05, 0.1) is 5.60 Å². The van der Waals surface area contributed by atoms with Crippen LogP contribution in [0.2, 0.25) is 0 Å². The lowest BCUT2D eigenvalue weighted by atomic mass is 9.58. The van der Waals surface area contributed by atoms with Crippen LogP contribution in [0.5, 0.6) is 0 Å². The fourth-order valence-corrected chi connectivity index (χ4v) is 4.13. The highest BCUT2D eigenvalue weighted by Crippen LogP contribution is 2.53. The van der Waals surface area contributed by atoms with Gasteiger partial charge in [0.25, 0.3) is 0 Å². The molecule has 0 amide bonds. The molecule has 1 N–H and O–H groups in total. The van der Waals surface area contributed by atoms with Gasteiger partial charge in [-0.1, -0.05) is 57.5 Å². The largest absolute Gasteiger partial charge is 0.385 e. The summed E-state index contributed by atoms with van der Waals surface area (Å²) in [6, 6.07) is 8.38. The summed E-state index contributed by atoms with van der Waals surface area (Å²) in [6.07, 6.45) is 2.88. The zero-order valence-electron chi connectivity index (χ0n) is 12.4. The molecule has 0 spiro atoms. The number of benzene rings is 1. The topological polar surface area (TPSA) is 20.2 Å². The zero-order valence-corrected chi connectivity index (χ0v) is 12.4.